The highest BCUT2D eigenvalue weighted by atomic mass is 16.5. The molecule has 0 fully saturated rings. The Hall–Kier alpha value is -3.48. The Morgan fingerprint density at radius 3 is 2.62 bits per heavy atom. The highest BCUT2D eigenvalue weighted by Gasteiger charge is 2.26. The lowest BCUT2D eigenvalue weighted by molar-refractivity contribution is -0.117. The number of hydrogen-bond donors (Lipinski definition) is 4. The molecule has 1 amide bonds. The van der Waals surface area contributed by atoms with Crippen molar-refractivity contribution in [3.05, 3.63) is 65.7 Å². The van der Waals surface area contributed by atoms with E-state index in [2.05, 4.69) is 20.4 Å². The molecule has 1 aliphatic rings. The second-order valence-corrected chi connectivity index (χ2v) is 4.99. The minimum atomic E-state index is -1.04. The number of rotatable bonds is 3. The van der Waals surface area contributed by atoms with E-state index in [0.717, 1.165) is 11.1 Å². The summed E-state index contributed by atoms with van der Waals surface area (Å²) in [6, 6.07) is 16.5. The molecule has 0 saturated heterocycles. The van der Waals surface area contributed by atoms with Crippen molar-refractivity contribution in [2.24, 2.45) is 4.99 Å². The Morgan fingerprint density at radius 2 is 1.88 bits per heavy atom. The molecular formula is C17H15N5O2. The first-order valence-electron chi connectivity index (χ1n) is 7.23. The molecule has 120 valence electrons. The Bertz CT molecular complexity index is 817. The highest BCUT2D eigenvalue weighted by Crippen LogP contribution is 2.23. The van der Waals surface area contributed by atoms with Crippen LogP contribution in [0.5, 0.6) is 0 Å². The summed E-state index contributed by atoms with van der Waals surface area (Å²) in [7, 11) is 0. The molecule has 3 rings (SSSR count). The van der Waals surface area contributed by atoms with E-state index >= 15 is 0 Å². The van der Waals surface area contributed by atoms with E-state index in [9.17, 15) is 4.79 Å². The van der Waals surface area contributed by atoms with Crippen LogP contribution in [0.15, 0.2) is 59.6 Å². The van der Waals surface area contributed by atoms with Gasteiger partial charge in [-0.3, -0.25) is 15.6 Å². The SMILES string of the molecule is N=COC(=N)NC1N=C(c2ccccc2)c2ccccc2NC1=O. The lowest BCUT2D eigenvalue weighted by Crippen LogP contribution is -2.42. The first-order chi connectivity index (χ1) is 11.7. The van der Waals surface area contributed by atoms with Crippen molar-refractivity contribution in [1.29, 1.82) is 10.8 Å². The fourth-order valence-corrected chi connectivity index (χ4v) is 2.40. The maximum atomic E-state index is 12.4. The largest absolute Gasteiger partial charge is 0.415 e. The lowest BCUT2D eigenvalue weighted by Gasteiger charge is -2.13. The number of hydrogen-bond acceptors (Lipinski definition) is 5. The predicted molar refractivity (Wildman–Crippen MR) is 91.7 cm³/mol. The van der Waals surface area contributed by atoms with Crippen LogP contribution < -0.4 is 10.6 Å². The summed E-state index contributed by atoms with van der Waals surface area (Å²) < 4.78 is 4.62. The summed E-state index contributed by atoms with van der Waals surface area (Å²) in [4.78, 5) is 16.9. The quantitative estimate of drug-likeness (QED) is 0.512. The summed E-state index contributed by atoms with van der Waals surface area (Å²) >= 11 is 0. The average molecular weight is 321 g/mol. The number of nitrogens with one attached hydrogen (secondary N) is 4. The van der Waals surface area contributed by atoms with Crippen LogP contribution in [0.3, 0.4) is 0 Å². The summed E-state index contributed by atoms with van der Waals surface area (Å²) in [6.07, 6.45) is -0.430. The van der Waals surface area contributed by atoms with E-state index in [0.29, 0.717) is 17.8 Å². The third-order valence-corrected chi connectivity index (χ3v) is 3.44. The zero-order valence-corrected chi connectivity index (χ0v) is 12.6. The van der Waals surface area contributed by atoms with Gasteiger partial charge in [-0.1, -0.05) is 48.5 Å². The zero-order valence-electron chi connectivity index (χ0n) is 12.6. The molecule has 0 spiro atoms. The molecule has 2 aromatic carbocycles. The van der Waals surface area contributed by atoms with Crippen LogP contribution in [-0.2, 0) is 9.53 Å². The number of amides is 1. The van der Waals surface area contributed by atoms with Gasteiger partial charge in [0.2, 0.25) is 6.17 Å². The zero-order chi connectivity index (χ0) is 16.9. The molecule has 1 unspecified atom stereocenters. The molecule has 0 aromatic heterocycles. The number of benzene rings is 2. The molecule has 0 saturated carbocycles. The van der Waals surface area contributed by atoms with Gasteiger partial charge in [0.15, 0.2) is 6.40 Å². The van der Waals surface area contributed by atoms with Crippen molar-refractivity contribution >= 4 is 29.7 Å². The van der Waals surface area contributed by atoms with Crippen molar-refractivity contribution in [2.75, 3.05) is 5.32 Å². The minimum Gasteiger partial charge on any atom is -0.415 e. The molecule has 2 aromatic rings. The smallest absolute Gasteiger partial charge is 0.290 e. The van der Waals surface area contributed by atoms with Gasteiger partial charge >= 0.3 is 0 Å². The Balaban J connectivity index is 2.06. The summed E-state index contributed by atoms with van der Waals surface area (Å²) in [6.45, 7) is 0. The maximum Gasteiger partial charge on any atom is 0.290 e. The lowest BCUT2D eigenvalue weighted by atomic mass is 10.0. The number of aliphatic imine (C=N–C) groups is 1. The number of ether oxygens (including phenoxy) is 1. The van der Waals surface area contributed by atoms with Crippen molar-refractivity contribution in [1.82, 2.24) is 5.32 Å². The van der Waals surface area contributed by atoms with Gasteiger partial charge in [-0.15, -0.1) is 0 Å². The monoisotopic (exact) mass is 321 g/mol. The number of para-hydroxylation sites is 1. The average Bonchev–Trinajstić information content (AvgIpc) is 2.73. The Labute approximate surface area is 138 Å². The number of carbonyl (C=O) groups is 1. The van der Waals surface area contributed by atoms with E-state index in [1.165, 1.54) is 0 Å². The van der Waals surface area contributed by atoms with Crippen LogP contribution in [0.4, 0.5) is 5.69 Å². The first kappa shape index (κ1) is 15.4. The minimum absolute atomic E-state index is 0.410. The van der Waals surface area contributed by atoms with Gasteiger partial charge in [0.1, 0.15) is 0 Å². The van der Waals surface area contributed by atoms with Gasteiger partial charge in [0.25, 0.3) is 11.9 Å². The van der Waals surface area contributed by atoms with Crippen molar-refractivity contribution in [3.63, 3.8) is 0 Å². The molecule has 0 radical (unpaired) electrons. The van der Waals surface area contributed by atoms with Gasteiger partial charge in [-0.25, -0.2) is 4.99 Å². The van der Waals surface area contributed by atoms with Crippen molar-refractivity contribution in [3.8, 4) is 0 Å². The van der Waals surface area contributed by atoms with E-state index in [1.807, 2.05) is 48.5 Å². The molecule has 24 heavy (non-hydrogen) atoms. The van der Waals surface area contributed by atoms with Crippen molar-refractivity contribution in [2.45, 2.75) is 6.17 Å². The fraction of sp³-hybridized carbons (Fsp3) is 0.0588. The number of carbonyl (C=O) groups excluding carboxylic acids is 1. The summed E-state index contributed by atoms with van der Waals surface area (Å²) in [5.41, 5.74) is 2.92. The van der Waals surface area contributed by atoms with Gasteiger partial charge < -0.3 is 15.4 Å². The molecule has 1 heterocycles. The van der Waals surface area contributed by atoms with Crippen molar-refractivity contribution < 1.29 is 9.53 Å². The Kier molecular flexibility index (Phi) is 4.33. The summed E-state index contributed by atoms with van der Waals surface area (Å²) in [5, 5.41) is 19.8. The Morgan fingerprint density at radius 1 is 1.17 bits per heavy atom. The van der Waals surface area contributed by atoms with Crippen LogP contribution in [-0.4, -0.2) is 30.2 Å². The molecule has 0 bridgehead atoms. The van der Waals surface area contributed by atoms with E-state index in [-0.39, 0.29) is 0 Å². The number of benzodiazepines with no additional fused rings is 1. The third kappa shape index (κ3) is 3.14. The normalized spacial score (nSPS) is 16.1. The van der Waals surface area contributed by atoms with Crippen LogP contribution in [0.2, 0.25) is 0 Å². The first-order valence-corrected chi connectivity index (χ1v) is 7.23. The number of anilines is 1. The van der Waals surface area contributed by atoms with E-state index in [1.54, 1.807) is 6.07 Å². The molecule has 7 nitrogen and oxygen atoms in total. The molecule has 0 aliphatic carbocycles. The van der Waals surface area contributed by atoms with Crippen LogP contribution in [0, 0.1) is 10.8 Å². The standard InChI is InChI=1S/C17H15N5O2/c18-10-24-17(19)22-15-16(23)20-13-9-5-4-8-12(13)14(21-15)11-6-2-1-3-7-11/h1-10,15,18H,(H2,19,22)(H,20,23). The molecule has 4 N–H and O–H groups in total. The van der Waals surface area contributed by atoms with Gasteiger partial charge in [0, 0.05) is 11.1 Å². The second kappa shape index (κ2) is 6.74. The van der Waals surface area contributed by atoms with Gasteiger partial charge in [-0.2, -0.15) is 0 Å². The molecule has 7 heteroatoms. The van der Waals surface area contributed by atoms with Crippen LogP contribution >= 0.6 is 0 Å². The molecular weight excluding hydrogens is 306 g/mol. The fourth-order valence-electron chi connectivity index (χ4n) is 2.40. The van der Waals surface area contributed by atoms with Crippen LogP contribution in [0.1, 0.15) is 11.1 Å². The summed E-state index contributed by atoms with van der Waals surface area (Å²) in [5.74, 6) is -0.410. The number of nitrogens with zero attached hydrogens (tertiary/aromatic N) is 1. The van der Waals surface area contributed by atoms with Gasteiger partial charge in [-0.05, 0) is 6.07 Å². The highest BCUT2D eigenvalue weighted by molar-refractivity contribution is 6.19. The topological polar surface area (TPSA) is 110 Å². The van der Waals surface area contributed by atoms with E-state index < -0.39 is 18.1 Å². The molecule has 1 atom stereocenters. The number of amidine groups is 1. The number of fused-ring (bicyclic) bond motifs is 1. The predicted octanol–water partition coefficient (Wildman–Crippen LogP) is 1.95. The van der Waals surface area contributed by atoms with E-state index in [4.69, 9.17) is 10.8 Å². The second-order valence-electron chi connectivity index (χ2n) is 4.99. The molecule has 1 aliphatic heterocycles. The maximum absolute atomic E-state index is 12.4. The van der Waals surface area contributed by atoms with Crippen LogP contribution in [0.25, 0.3) is 0 Å². The third-order valence-electron chi connectivity index (χ3n) is 3.44. The van der Waals surface area contributed by atoms with Gasteiger partial charge in [0.05, 0.1) is 11.4 Å².